The number of allylic oxidation sites excluding steroid dienone is 2. The van der Waals surface area contributed by atoms with Crippen LogP contribution in [0, 0.1) is 0 Å². The molecule has 19 heavy (non-hydrogen) atoms. The first-order valence-corrected chi connectivity index (χ1v) is 5.59. The molecule has 0 spiro atoms. The fourth-order valence-corrected chi connectivity index (χ4v) is 2.04. The molecule has 1 aromatic carbocycles. The summed E-state index contributed by atoms with van der Waals surface area (Å²) in [5.74, 6) is -3.39. The van der Waals surface area contributed by atoms with Crippen LogP contribution in [0.25, 0.3) is 16.5 Å². The van der Waals surface area contributed by atoms with Gasteiger partial charge in [-0.3, -0.25) is 9.59 Å². The van der Waals surface area contributed by atoms with Gasteiger partial charge >= 0.3 is 0 Å². The Balaban J connectivity index is 2.15. The average molecular weight is 255 g/mol. The van der Waals surface area contributed by atoms with Gasteiger partial charge in [-0.1, -0.05) is 18.2 Å². The van der Waals surface area contributed by atoms with Crippen LogP contribution >= 0.6 is 0 Å². The van der Waals surface area contributed by atoms with Crippen molar-refractivity contribution in [2.75, 3.05) is 0 Å². The van der Waals surface area contributed by atoms with Crippen LogP contribution in [0.4, 0.5) is 0 Å². The molecule has 1 aliphatic rings. The average Bonchev–Trinajstić information content (AvgIpc) is 2.84. The number of para-hydroxylation sites is 1. The lowest BCUT2D eigenvalue weighted by molar-refractivity contribution is -0.118. The van der Waals surface area contributed by atoms with Gasteiger partial charge in [0.25, 0.3) is 0 Å². The van der Waals surface area contributed by atoms with Gasteiger partial charge < -0.3 is 15.2 Å². The Labute approximate surface area is 107 Å². The standard InChI is InChI=1S/C14H9NO4/c16-11-6-8(12(17)14(19)13(11)18)10-5-7-3-1-2-4-9(7)15-10/h1-6,15,18-19H. The summed E-state index contributed by atoms with van der Waals surface area (Å²) in [5.41, 5.74) is 1.28. The second-order valence-corrected chi connectivity index (χ2v) is 4.22. The monoisotopic (exact) mass is 255 g/mol. The van der Waals surface area contributed by atoms with Crippen LogP contribution in [0.1, 0.15) is 5.69 Å². The highest BCUT2D eigenvalue weighted by Crippen LogP contribution is 2.26. The lowest BCUT2D eigenvalue weighted by Crippen LogP contribution is -2.18. The van der Waals surface area contributed by atoms with Crippen molar-refractivity contribution < 1.29 is 19.8 Å². The third-order valence-electron chi connectivity index (χ3n) is 3.01. The van der Waals surface area contributed by atoms with Gasteiger partial charge in [-0.2, -0.15) is 0 Å². The number of carbonyl (C=O) groups excluding carboxylic acids is 2. The van der Waals surface area contributed by atoms with Gasteiger partial charge in [-0.25, -0.2) is 0 Å². The van der Waals surface area contributed by atoms with Crippen molar-refractivity contribution in [3.05, 3.63) is 53.6 Å². The van der Waals surface area contributed by atoms with Gasteiger partial charge in [0.1, 0.15) is 0 Å². The predicted octanol–water partition coefficient (Wildman–Crippen LogP) is 2.03. The smallest absolute Gasteiger partial charge is 0.233 e. The number of hydrogen-bond acceptors (Lipinski definition) is 4. The first kappa shape index (κ1) is 11.3. The predicted molar refractivity (Wildman–Crippen MR) is 68.6 cm³/mol. The van der Waals surface area contributed by atoms with Crippen LogP contribution in [0.2, 0.25) is 0 Å². The summed E-state index contributed by atoms with van der Waals surface area (Å²) in [7, 11) is 0. The van der Waals surface area contributed by atoms with E-state index in [0.29, 0.717) is 5.69 Å². The Morgan fingerprint density at radius 1 is 1.00 bits per heavy atom. The van der Waals surface area contributed by atoms with Crippen molar-refractivity contribution in [1.82, 2.24) is 4.98 Å². The zero-order valence-electron chi connectivity index (χ0n) is 9.68. The summed E-state index contributed by atoms with van der Waals surface area (Å²) < 4.78 is 0. The summed E-state index contributed by atoms with van der Waals surface area (Å²) in [6.45, 7) is 0. The molecule has 0 bridgehead atoms. The van der Waals surface area contributed by atoms with Crippen molar-refractivity contribution in [2.45, 2.75) is 0 Å². The Morgan fingerprint density at radius 3 is 2.47 bits per heavy atom. The van der Waals surface area contributed by atoms with E-state index in [1.165, 1.54) is 0 Å². The van der Waals surface area contributed by atoms with Crippen molar-refractivity contribution in [3.8, 4) is 0 Å². The summed E-state index contributed by atoms with van der Waals surface area (Å²) in [6.07, 6.45) is 1.02. The van der Waals surface area contributed by atoms with Crippen LogP contribution in [0.5, 0.6) is 0 Å². The minimum Gasteiger partial charge on any atom is -0.501 e. The van der Waals surface area contributed by atoms with Gasteiger partial charge in [0.2, 0.25) is 23.1 Å². The van der Waals surface area contributed by atoms with Gasteiger partial charge in [0.15, 0.2) is 0 Å². The maximum absolute atomic E-state index is 11.9. The number of hydrogen-bond donors (Lipinski definition) is 3. The van der Waals surface area contributed by atoms with Crippen LogP contribution in [-0.4, -0.2) is 26.8 Å². The molecule has 0 aliphatic heterocycles. The molecule has 1 aliphatic carbocycles. The molecule has 0 amide bonds. The Kier molecular flexibility index (Phi) is 2.28. The summed E-state index contributed by atoms with van der Waals surface area (Å²) in [6, 6.07) is 9.10. The van der Waals surface area contributed by atoms with Crippen molar-refractivity contribution in [3.63, 3.8) is 0 Å². The summed E-state index contributed by atoms with van der Waals surface area (Å²) in [4.78, 5) is 26.3. The molecule has 94 valence electrons. The zero-order valence-corrected chi connectivity index (χ0v) is 9.68. The number of nitrogens with one attached hydrogen (secondary N) is 1. The number of Topliss-reactive ketones (excluding diaryl/α,β-unsaturated/α-hetero) is 1. The van der Waals surface area contributed by atoms with Crippen LogP contribution < -0.4 is 0 Å². The molecule has 0 radical (unpaired) electrons. The van der Waals surface area contributed by atoms with E-state index in [1.54, 1.807) is 6.07 Å². The third kappa shape index (κ3) is 1.63. The third-order valence-corrected chi connectivity index (χ3v) is 3.01. The second-order valence-electron chi connectivity index (χ2n) is 4.22. The fourth-order valence-electron chi connectivity index (χ4n) is 2.04. The molecule has 0 fully saturated rings. The molecule has 0 saturated carbocycles. The zero-order chi connectivity index (χ0) is 13.6. The van der Waals surface area contributed by atoms with E-state index in [4.69, 9.17) is 0 Å². The molecule has 3 rings (SSSR count). The molecule has 1 heterocycles. The second kappa shape index (κ2) is 3.84. The van der Waals surface area contributed by atoms with Crippen molar-refractivity contribution in [1.29, 1.82) is 0 Å². The van der Waals surface area contributed by atoms with Gasteiger partial charge in [-0.05, 0) is 12.1 Å². The number of carbonyl (C=O) groups is 2. The topological polar surface area (TPSA) is 90.4 Å². The molecule has 0 atom stereocenters. The molecule has 2 aromatic rings. The van der Waals surface area contributed by atoms with Crippen LogP contribution in [0.3, 0.4) is 0 Å². The maximum Gasteiger partial charge on any atom is 0.233 e. The first-order valence-electron chi connectivity index (χ1n) is 5.59. The lowest BCUT2D eigenvalue weighted by Gasteiger charge is -2.10. The number of ketones is 2. The normalized spacial score (nSPS) is 16.1. The Hall–Kier alpha value is -2.82. The Morgan fingerprint density at radius 2 is 1.74 bits per heavy atom. The highest BCUT2D eigenvalue weighted by Gasteiger charge is 2.29. The molecular formula is C14H9NO4. The van der Waals surface area contributed by atoms with E-state index in [2.05, 4.69) is 4.98 Å². The number of aliphatic hydroxyl groups is 2. The number of aliphatic hydroxyl groups excluding tert-OH is 2. The number of aromatic nitrogens is 1. The minimum atomic E-state index is -0.916. The number of benzene rings is 1. The van der Waals surface area contributed by atoms with Crippen molar-refractivity contribution in [2.24, 2.45) is 0 Å². The number of H-pyrrole nitrogens is 1. The molecule has 5 heteroatoms. The quantitative estimate of drug-likeness (QED) is 0.680. The van der Waals surface area contributed by atoms with Crippen LogP contribution in [0.15, 0.2) is 47.9 Å². The largest absolute Gasteiger partial charge is 0.501 e. The molecule has 1 aromatic heterocycles. The molecule has 3 N–H and O–H groups in total. The van der Waals surface area contributed by atoms with Gasteiger partial charge in [-0.15, -0.1) is 0 Å². The van der Waals surface area contributed by atoms with E-state index in [9.17, 15) is 19.8 Å². The molecule has 5 nitrogen and oxygen atoms in total. The van der Waals surface area contributed by atoms with E-state index in [1.807, 2.05) is 24.3 Å². The van der Waals surface area contributed by atoms with E-state index in [0.717, 1.165) is 17.0 Å². The van der Waals surface area contributed by atoms with Gasteiger partial charge in [0, 0.05) is 17.0 Å². The maximum atomic E-state index is 11.9. The fraction of sp³-hybridized carbons (Fsp3) is 0. The first-order chi connectivity index (χ1) is 9.08. The summed E-state index contributed by atoms with van der Waals surface area (Å²) in [5, 5.41) is 19.5. The molecule has 0 unspecified atom stereocenters. The van der Waals surface area contributed by atoms with E-state index >= 15 is 0 Å². The highest BCUT2D eigenvalue weighted by molar-refractivity contribution is 6.36. The van der Waals surface area contributed by atoms with E-state index < -0.39 is 23.1 Å². The lowest BCUT2D eigenvalue weighted by atomic mass is 9.98. The summed E-state index contributed by atoms with van der Waals surface area (Å²) >= 11 is 0. The highest BCUT2D eigenvalue weighted by atomic mass is 16.3. The SMILES string of the molecule is O=C1C=C(c2cc3ccccc3[nH]2)C(=O)C(O)=C1O. The van der Waals surface area contributed by atoms with E-state index in [-0.39, 0.29) is 5.57 Å². The molecular weight excluding hydrogens is 246 g/mol. The Bertz CT molecular complexity index is 747. The number of aromatic amines is 1. The number of fused-ring (bicyclic) bond motifs is 1. The molecule has 0 saturated heterocycles. The van der Waals surface area contributed by atoms with Crippen molar-refractivity contribution >= 4 is 28.0 Å². The van der Waals surface area contributed by atoms with Gasteiger partial charge in [0.05, 0.1) is 11.3 Å². The minimum absolute atomic E-state index is 0.0384. The van der Waals surface area contributed by atoms with Crippen LogP contribution in [-0.2, 0) is 9.59 Å². The number of rotatable bonds is 1.